The summed E-state index contributed by atoms with van der Waals surface area (Å²) in [5.74, 6) is -0.239. The molecule has 5 rings (SSSR count). The minimum Gasteiger partial charge on any atom is -0.325 e. The van der Waals surface area contributed by atoms with Crippen molar-refractivity contribution in [2.24, 2.45) is 11.8 Å². The van der Waals surface area contributed by atoms with Crippen molar-refractivity contribution >= 4 is 62.4 Å². The SMILES string of the molecule is CCc1cccc(CC)c1NC(=O)CSc1nc2ccc(N3C(=O)[C@@H]4CCCC[C@H]4C3=O)cc2s1. The summed E-state index contributed by atoms with van der Waals surface area (Å²) in [5, 5.41) is 3.10. The number of carbonyl (C=O) groups excluding carboxylic acids is 3. The van der Waals surface area contributed by atoms with Crippen LogP contribution in [0.15, 0.2) is 40.7 Å². The van der Waals surface area contributed by atoms with Crippen molar-refractivity contribution in [1.82, 2.24) is 4.98 Å². The quantitative estimate of drug-likeness (QED) is 0.321. The fraction of sp³-hybridized carbons (Fsp3) is 0.407. The molecule has 1 aliphatic heterocycles. The highest BCUT2D eigenvalue weighted by molar-refractivity contribution is 8.01. The summed E-state index contributed by atoms with van der Waals surface area (Å²) < 4.78 is 1.70. The molecule has 1 aromatic heterocycles. The fourth-order valence-electron chi connectivity index (χ4n) is 5.22. The number of aromatic nitrogens is 1. The molecule has 0 bridgehead atoms. The first-order valence-electron chi connectivity index (χ1n) is 12.3. The summed E-state index contributed by atoms with van der Waals surface area (Å²) in [5.41, 5.74) is 4.64. The zero-order chi connectivity index (χ0) is 24.5. The zero-order valence-corrected chi connectivity index (χ0v) is 21.6. The van der Waals surface area contributed by atoms with Crippen molar-refractivity contribution < 1.29 is 14.4 Å². The summed E-state index contributed by atoms with van der Waals surface area (Å²) >= 11 is 2.89. The molecule has 35 heavy (non-hydrogen) atoms. The molecule has 0 spiro atoms. The van der Waals surface area contributed by atoms with E-state index in [-0.39, 0.29) is 35.3 Å². The molecule has 0 radical (unpaired) electrons. The van der Waals surface area contributed by atoms with E-state index in [9.17, 15) is 14.4 Å². The Hall–Kier alpha value is -2.71. The van der Waals surface area contributed by atoms with Crippen LogP contribution >= 0.6 is 23.1 Å². The third-order valence-electron chi connectivity index (χ3n) is 7.04. The molecular formula is C27H29N3O3S2. The van der Waals surface area contributed by atoms with E-state index >= 15 is 0 Å². The molecule has 0 unspecified atom stereocenters. The van der Waals surface area contributed by atoms with E-state index in [0.29, 0.717) is 5.69 Å². The Morgan fingerprint density at radius 3 is 2.34 bits per heavy atom. The van der Waals surface area contributed by atoms with Crippen LogP contribution in [0.25, 0.3) is 10.2 Å². The minimum atomic E-state index is -0.163. The van der Waals surface area contributed by atoms with Crippen molar-refractivity contribution in [3.8, 4) is 0 Å². The Kier molecular flexibility index (Phi) is 6.93. The number of thioether (sulfide) groups is 1. The number of rotatable bonds is 7. The molecule has 182 valence electrons. The molecule has 3 amide bonds. The largest absolute Gasteiger partial charge is 0.325 e. The van der Waals surface area contributed by atoms with Crippen LogP contribution in [0.5, 0.6) is 0 Å². The van der Waals surface area contributed by atoms with Crippen LogP contribution in [-0.4, -0.2) is 28.5 Å². The van der Waals surface area contributed by atoms with Gasteiger partial charge in [0.25, 0.3) is 0 Å². The molecule has 1 aliphatic carbocycles. The van der Waals surface area contributed by atoms with Crippen LogP contribution in [0.1, 0.15) is 50.7 Å². The molecule has 1 saturated carbocycles. The second-order valence-electron chi connectivity index (χ2n) is 9.14. The maximum absolute atomic E-state index is 13.0. The van der Waals surface area contributed by atoms with Gasteiger partial charge in [-0.05, 0) is 55.0 Å². The van der Waals surface area contributed by atoms with Gasteiger partial charge in [0, 0.05) is 5.69 Å². The van der Waals surface area contributed by atoms with E-state index < -0.39 is 0 Å². The van der Waals surface area contributed by atoms with Gasteiger partial charge in [0.05, 0.1) is 33.5 Å². The maximum Gasteiger partial charge on any atom is 0.237 e. The number of para-hydroxylation sites is 1. The van der Waals surface area contributed by atoms with Gasteiger partial charge in [-0.3, -0.25) is 19.3 Å². The van der Waals surface area contributed by atoms with Crippen molar-refractivity contribution in [3.05, 3.63) is 47.5 Å². The second kappa shape index (κ2) is 10.1. The van der Waals surface area contributed by atoms with E-state index in [4.69, 9.17) is 0 Å². The highest BCUT2D eigenvalue weighted by Crippen LogP contribution is 2.41. The third-order valence-corrected chi connectivity index (χ3v) is 9.20. The topological polar surface area (TPSA) is 79.4 Å². The first kappa shape index (κ1) is 24.0. The highest BCUT2D eigenvalue weighted by atomic mass is 32.2. The van der Waals surface area contributed by atoms with Gasteiger partial charge in [-0.15, -0.1) is 11.3 Å². The lowest BCUT2D eigenvalue weighted by Gasteiger charge is -2.19. The second-order valence-corrected chi connectivity index (χ2v) is 11.4. The first-order valence-corrected chi connectivity index (χ1v) is 14.1. The lowest BCUT2D eigenvalue weighted by Crippen LogP contribution is -2.30. The van der Waals surface area contributed by atoms with Crippen molar-refractivity contribution in [2.45, 2.75) is 56.7 Å². The van der Waals surface area contributed by atoms with Gasteiger partial charge < -0.3 is 5.32 Å². The molecule has 8 heteroatoms. The summed E-state index contributed by atoms with van der Waals surface area (Å²) in [6, 6.07) is 11.7. The van der Waals surface area contributed by atoms with E-state index in [1.165, 1.54) is 28.0 Å². The number of aryl methyl sites for hydroxylation is 2. The zero-order valence-electron chi connectivity index (χ0n) is 20.0. The van der Waals surface area contributed by atoms with Gasteiger partial charge in [-0.1, -0.05) is 56.7 Å². The highest BCUT2D eigenvalue weighted by Gasteiger charge is 2.48. The predicted octanol–water partition coefficient (Wildman–Crippen LogP) is 5.83. The van der Waals surface area contributed by atoms with Crippen LogP contribution in [0.4, 0.5) is 11.4 Å². The van der Waals surface area contributed by atoms with Crippen molar-refractivity contribution in [1.29, 1.82) is 0 Å². The number of fused-ring (bicyclic) bond motifs is 2. The number of hydrogen-bond acceptors (Lipinski definition) is 6. The summed E-state index contributed by atoms with van der Waals surface area (Å²) in [6.07, 6.45) is 5.36. The van der Waals surface area contributed by atoms with Crippen molar-refractivity contribution in [3.63, 3.8) is 0 Å². The number of anilines is 2. The lowest BCUT2D eigenvalue weighted by atomic mass is 9.81. The summed E-state index contributed by atoms with van der Waals surface area (Å²) in [6.45, 7) is 4.18. The molecule has 1 saturated heterocycles. The Morgan fingerprint density at radius 2 is 1.71 bits per heavy atom. The molecule has 2 fully saturated rings. The van der Waals surface area contributed by atoms with Crippen LogP contribution in [0.3, 0.4) is 0 Å². The average molecular weight is 508 g/mol. The molecule has 2 atom stereocenters. The van der Waals surface area contributed by atoms with E-state index in [2.05, 4.69) is 36.3 Å². The first-order chi connectivity index (χ1) is 17.0. The average Bonchev–Trinajstić information content (AvgIpc) is 3.40. The normalized spacial score (nSPS) is 19.9. The smallest absolute Gasteiger partial charge is 0.237 e. The number of carbonyl (C=O) groups is 3. The molecule has 1 N–H and O–H groups in total. The Labute approximate surface area is 213 Å². The van der Waals surface area contributed by atoms with Gasteiger partial charge in [0.15, 0.2) is 4.34 Å². The number of nitrogens with zero attached hydrogens (tertiary/aromatic N) is 2. The van der Waals surface area contributed by atoms with Crippen LogP contribution in [0, 0.1) is 11.8 Å². The van der Waals surface area contributed by atoms with Gasteiger partial charge in [0.1, 0.15) is 0 Å². The Morgan fingerprint density at radius 1 is 1.06 bits per heavy atom. The van der Waals surface area contributed by atoms with Gasteiger partial charge in [-0.25, -0.2) is 4.98 Å². The number of amides is 3. The van der Waals surface area contributed by atoms with Crippen LogP contribution < -0.4 is 10.2 Å². The standard InChI is InChI=1S/C27H29N3O3S2/c1-3-16-8-7-9-17(4-2)24(16)29-23(31)15-34-27-28-21-13-12-18(14-22(21)35-27)30-25(32)19-10-5-6-11-20(19)26(30)33/h7-9,12-14,19-20H,3-6,10-11,15H2,1-2H3,(H,29,31)/t19-,20-/m1/s1. The molecule has 3 aromatic rings. The van der Waals surface area contributed by atoms with E-state index in [1.54, 1.807) is 0 Å². The number of benzene rings is 2. The number of imide groups is 1. The van der Waals surface area contributed by atoms with Crippen LogP contribution in [-0.2, 0) is 27.2 Å². The molecule has 6 nitrogen and oxygen atoms in total. The van der Waals surface area contributed by atoms with E-state index in [1.807, 2.05) is 24.3 Å². The Balaban J connectivity index is 1.29. The predicted molar refractivity (Wildman–Crippen MR) is 142 cm³/mol. The van der Waals surface area contributed by atoms with Gasteiger partial charge in [0.2, 0.25) is 17.7 Å². The van der Waals surface area contributed by atoms with Gasteiger partial charge in [-0.2, -0.15) is 0 Å². The number of nitrogens with one attached hydrogen (secondary N) is 1. The molecule has 2 aromatic carbocycles. The summed E-state index contributed by atoms with van der Waals surface area (Å²) in [7, 11) is 0. The number of hydrogen-bond donors (Lipinski definition) is 1. The lowest BCUT2D eigenvalue weighted by molar-refractivity contribution is -0.122. The van der Waals surface area contributed by atoms with Gasteiger partial charge >= 0.3 is 0 Å². The maximum atomic E-state index is 13.0. The third kappa shape index (κ3) is 4.61. The van der Waals surface area contributed by atoms with Crippen LogP contribution in [0.2, 0.25) is 0 Å². The molecule has 2 heterocycles. The fourth-order valence-corrected chi connectivity index (χ4v) is 7.12. The van der Waals surface area contributed by atoms with Crippen molar-refractivity contribution in [2.75, 3.05) is 16.0 Å². The Bertz CT molecular complexity index is 1260. The minimum absolute atomic E-state index is 0.0542. The number of thiazole rings is 1. The molecule has 2 aliphatic rings. The van der Waals surface area contributed by atoms with E-state index in [0.717, 1.165) is 69.9 Å². The summed E-state index contributed by atoms with van der Waals surface area (Å²) in [4.78, 5) is 44.7. The monoisotopic (exact) mass is 507 g/mol. The molecular weight excluding hydrogens is 478 g/mol.